The van der Waals surface area contributed by atoms with Gasteiger partial charge in [-0.15, -0.1) is 15.3 Å². The number of hydrogen-bond donors (Lipinski definition) is 4. The Morgan fingerprint density at radius 3 is 1.40 bits per heavy atom. The van der Waals surface area contributed by atoms with Gasteiger partial charge in [0.25, 0.3) is 5.16 Å². The fourth-order valence-electron chi connectivity index (χ4n) is 7.42. The Bertz CT molecular complexity index is 2970. The van der Waals surface area contributed by atoms with Crippen LogP contribution in [-0.2, 0) is 19.4 Å². The van der Waals surface area contributed by atoms with E-state index < -0.39 is 15.4 Å². The van der Waals surface area contributed by atoms with Crippen LogP contribution in [-0.4, -0.2) is 171 Å². The van der Waals surface area contributed by atoms with Crippen LogP contribution in [0.1, 0.15) is 48.0 Å². The van der Waals surface area contributed by atoms with Gasteiger partial charge in [0.1, 0.15) is 5.60 Å². The highest BCUT2D eigenvalue weighted by Gasteiger charge is 2.24. The minimum absolute atomic E-state index is 0.0203. The first kappa shape index (κ1) is 60.9. The smallest absolute Gasteiger partial charge is 0.422 e. The second-order valence-electron chi connectivity index (χ2n) is 20.3. The molecule has 2 amide bonds. The number of hydrogen-bond acceptors (Lipinski definition) is 21. The molecule has 3 fully saturated rings. The van der Waals surface area contributed by atoms with Crippen LogP contribution in [0.5, 0.6) is 0 Å². The fourth-order valence-corrected chi connectivity index (χ4v) is 8.26. The lowest BCUT2D eigenvalue weighted by Crippen LogP contribution is -2.54. The zero-order valence-electron chi connectivity index (χ0n) is 44.8. The van der Waals surface area contributed by atoms with Crippen LogP contribution in [0.2, 0.25) is 15.1 Å². The third-order valence-electron chi connectivity index (χ3n) is 11.3. The third kappa shape index (κ3) is 20.8. The lowest BCUT2D eigenvalue weighted by atomic mass is 9.92. The number of anilines is 2. The van der Waals surface area contributed by atoms with Gasteiger partial charge in [-0.3, -0.25) is 21.5 Å². The fraction of sp³-hybridized carbons (Fsp3) is 0.431. The van der Waals surface area contributed by atoms with Crippen molar-refractivity contribution in [1.82, 2.24) is 76.7 Å². The quantitative estimate of drug-likeness (QED) is 0.123. The van der Waals surface area contributed by atoms with Gasteiger partial charge in [0.05, 0.1) is 35.7 Å². The number of nitrogens with zero attached hydrogens (tertiary/aromatic N) is 14. The highest BCUT2D eigenvalue weighted by atomic mass is 35.5. The van der Waals surface area contributed by atoms with Crippen molar-refractivity contribution in [3.63, 3.8) is 0 Å². The molecule has 0 atom stereocenters. The summed E-state index contributed by atoms with van der Waals surface area (Å²) in [5.74, 6) is 7.05. The van der Waals surface area contributed by atoms with Crippen LogP contribution >= 0.6 is 34.8 Å². The lowest BCUT2D eigenvalue weighted by molar-refractivity contribution is -0.127. The molecular formula is C51H67Cl3N18O5S. The number of sulfone groups is 1. The van der Waals surface area contributed by atoms with Gasteiger partial charge in [-0.1, -0.05) is 92.0 Å². The molecule has 0 saturated carbocycles. The predicted molar refractivity (Wildman–Crippen MR) is 302 cm³/mol. The highest BCUT2D eigenvalue weighted by molar-refractivity contribution is 7.90. The molecule has 78 heavy (non-hydrogen) atoms. The number of rotatable bonds is 9. The zero-order chi connectivity index (χ0) is 56.5. The topological polar surface area (TPSA) is 272 Å². The second-order valence-corrected chi connectivity index (χ2v) is 23.5. The van der Waals surface area contributed by atoms with Gasteiger partial charge in [0.2, 0.25) is 27.6 Å². The molecule has 3 aromatic heterocycles. The van der Waals surface area contributed by atoms with Gasteiger partial charge in [-0.2, -0.15) is 15.3 Å². The number of piperazine rings is 3. The Morgan fingerprint density at radius 1 is 0.590 bits per heavy atom. The first-order chi connectivity index (χ1) is 37.0. The van der Waals surface area contributed by atoms with E-state index in [0.717, 1.165) is 99.8 Å². The summed E-state index contributed by atoms with van der Waals surface area (Å²) in [5.41, 5.74) is 9.89. The summed E-state index contributed by atoms with van der Waals surface area (Å²) < 4.78 is 27.7. The Morgan fingerprint density at radius 2 is 0.987 bits per heavy atom. The van der Waals surface area contributed by atoms with Crippen LogP contribution in [0.3, 0.4) is 0 Å². The molecule has 6 aromatic rings. The molecule has 418 valence electrons. The van der Waals surface area contributed by atoms with E-state index in [4.69, 9.17) is 45.4 Å². The summed E-state index contributed by atoms with van der Waals surface area (Å²) >= 11 is 17.6. The van der Waals surface area contributed by atoms with E-state index in [1.165, 1.54) is 6.20 Å². The number of nitrogens with two attached hydrogens (primary N) is 1. The summed E-state index contributed by atoms with van der Waals surface area (Å²) in [6, 6.07) is 21.9. The number of benzene rings is 3. The Labute approximate surface area is 470 Å². The minimum atomic E-state index is -3.45. The van der Waals surface area contributed by atoms with Gasteiger partial charge in [-0.25, -0.2) is 43.2 Å². The summed E-state index contributed by atoms with van der Waals surface area (Å²) in [7, 11) is -3.45. The van der Waals surface area contributed by atoms with Crippen molar-refractivity contribution in [3.05, 3.63) is 106 Å². The summed E-state index contributed by atoms with van der Waals surface area (Å²) in [6.45, 7) is 21.3. The molecule has 5 N–H and O–H groups in total. The van der Waals surface area contributed by atoms with Crippen molar-refractivity contribution >= 4 is 68.5 Å². The van der Waals surface area contributed by atoms with E-state index in [1.54, 1.807) is 41.7 Å². The molecule has 23 nitrogen and oxygen atoms in total. The van der Waals surface area contributed by atoms with Crippen molar-refractivity contribution in [2.24, 2.45) is 11.3 Å². The molecule has 9 rings (SSSR count). The lowest BCUT2D eigenvalue weighted by Gasteiger charge is -2.35. The number of carbonyl (C=O) groups excluding carboxylic acids is 2. The summed E-state index contributed by atoms with van der Waals surface area (Å²) in [4.78, 5) is 40.7. The molecule has 0 radical (unpaired) electrons. The van der Waals surface area contributed by atoms with Gasteiger partial charge >= 0.3 is 6.09 Å². The second kappa shape index (κ2) is 28.5. The van der Waals surface area contributed by atoms with E-state index in [1.807, 2.05) is 79.3 Å². The predicted octanol–water partition coefficient (Wildman–Crippen LogP) is 5.90. The Hall–Kier alpha value is -6.35. The maximum absolute atomic E-state index is 12.1. The molecule has 0 unspecified atom stereocenters. The highest BCUT2D eigenvalue weighted by Crippen LogP contribution is 2.24. The average Bonchev–Trinajstić information content (AvgIpc) is 3.40. The zero-order valence-corrected chi connectivity index (χ0v) is 47.9. The Kier molecular flexibility index (Phi) is 22.2. The number of ether oxygens (including phenoxy) is 1. The maximum Gasteiger partial charge on any atom is 0.422 e. The molecule has 3 saturated heterocycles. The summed E-state index contributed by atoms with van der Waals surface area (Å²) in [5, 5.41) is 34.1. The maximum atomic E-state index is 12.1. The van der Waals surface area contributed by atoms with Crippen molar-refractivity contribution in [1.29, 1.82) is 0 Å². The SMILES string of the molecule is CC(C)(C)CC(=O)NN1CCN(c2nncc(-c3ccc(Cl)cc3)n2)CC1.CC(C)(C)OC(=O)NN1CCNCC1.CS(=O)(=O)c1nncc(-c2ccc(Cl)cc2)n1.NN1CCN(c2nncc(-c3ccc(Cl)cc3)n2)CC1. The number of amides is 2. The van der Waals surface area contributed by atoms with E-state index in [2.05, 4.69) is 92.3 Å². The molecule has 0 spiro atoms. The van der Waals surface area contributed by atoms with Crippen LogP contribution in [0.15, 0.2) is 96.5 Å². The average molecular weight is 1150 g/mol. The molecule has 6 heterocycles. The van der Waals surface area contributed by atoms with Gasteiger partial charge in [0.15, 0.2) is 0 Å². The first-order valence-electron chi connectivity index (χ1n) is 25.0. The van der Waals surface area contributed by atoms with E-state index >= 15 is 0 Å². The third-order valence-corrected chi connectivity index (χ3v) is 12.9. The van der Waals surface area contributed by atoms with Gasteiger partial charge in [-0.05, 0) is 62.6 Å². The molecule has 0 aliphatic carbocycles. The largest absolute Gasteiger partial charge is 0.443 e. The summed E-state index contributed by atoms with van der Waals surface area (Å²) in [6.07, 6.45) is 5.87. The van der Waals surface area contributed by atoms with Crippen molar-refractivity contribution in [2.75, 3.05) is 94.6 Å². The van der Waals surface area contributed by atoms with Crippen LogP contribution < -0.4 is 31.8 Å². The number of hydrazine groups is 3. The van der Waals surface area contributed by atoms with Crippen molar-refractivity contribution < 1.29 is 22.7 Å². The molecule has 3 aliphatic heterocycles. The molecule has 3 aromatic carbocycles. The molecule has 3 aliphatic rings. The molecular weight excluding hydrogens is 1080 g/mol. The minimum Gasteiger partial charge on any atom is -0.443 e. The number of halogens is 3. The van der Waals surface area contributed by atoms with E-state index in [0.29, 0.717) is 52.2 Å². The molecule has 27 heteroatoms. The first-order valence-corrected chi connectivity index (χ1v) is 28.1. The number of aromatic nitrogens is 9. The van der Waals surface area contributed by atoms with Gasteiger partial charge in [0, 0.05) is 123 Å². The molecule has 0 bridgehead atoms. The number of carbonyl (C=O) groups is 2. The van der Waals surface area contributed by atoms with Crippen LogP contribution in [0, 0.1) is 5.41 Å². The van der Waals surface area contributed by atoms with E-state index in [-0.39, 0.29) is 22.6 Å². The van der Waals surface area contributed by atoms with Crippen molar-refractivity contribution in [2.45, 2.75) is 58.7 Å². The van der Waals surface area contributed by atoms with Gasteiger partial charge < -0.3 is 19.9 Å². The van der Waals surface area contributed by atoms with E-state index in [9.17, 15) is 18.0 Å². The standard InChI is InChI=1S/C19H25ClN6O.C13H15ClN6.C10H8ClN3O2S.C9H19N3O2/c1-19(2,3)12-17(27)24-26-10-8-25(9-11-26)18-22-16(13-21-23-18)14-4-6-15(20)7-5-14;14-11-3-1-10(2-4-11)12-9-16-18-13(17-12)19-5-7-20(15)8-6-19;1-17(15,16)10-13-9(6-12-14-10)7-2-4-8(11)5-3-7;1-9(2,3)14-8(13)11-12-6-4-10-5-7-12/h4-7,13H,8-12H2,1-3H3,(H,24,27);1-4,9H,5-8,15H2;2-6H,1H3;10H,4-7H2,1-3H3,(H,11,13). The number of nitrogens with one attached hydrogen (secondary N) is 3. The normalized spacial score (nSPS) is 15.5. The Balaban J connectivity index is 0.000000173. The monoisotopic (exact) mass is 1150 g/mol. The van der Waals surface area contributed by atoms with Crippen molar-refractivity contribution in [3.8, 4) is 33.8 Å². The van der Waals surface area contributed by atoms with Crippen LogP contribution in [0.4, 0.5) is 16.7 Å². The van der Waals surface area contributed by atoms with Crippen LogP contribution in [0.25, 0.3) is 33.8 Å².